The molecule has 1 aliphatic heterocycles. The first kappa shape index (κ1) is 14.2. The van der Waals surface area contributed by atoms with Crippen molar-refractivity contribution in [2.45, 2.75) is 32.0 Å². The van der Waals surface area contributed by atoms with E-state index >= 15 is 0 Å². The van der Waals surface area contributed by atoms with Gasteiger partial charge in [0.25, 0.3) is 0 Å². The minimum absolute atomic E-state index is 0.194. The van der Waals surface area contributed by atoms with Gasteiger partial charge in [-0.05, 0) is 36.9 Å². The van der Waals surface area contributed by atoms with E-state index < -0.39 is 5.60 Å². The summed E-state index contributed by atoms with van der Waals surface area (Å²) in [5.41, 5.74) is 0.216. The summed E-state index contributed by atoms with van der Waals surface area (Å²) in [5, 5.41) is 15.0. The molecule has 0 aliphatic carbocycles. The Bertz CT molecular complexity index is 483. The molecule has 0 radical (unpaired) electrons. The number of thiophene rings is 1. The molecule has 19 heavy (non-hydrogen) atoms. The van der Waals surface area contributed by atoms with Gasteiger partial charge in [-0.15, -0.1) is 11.3 Å². The molecule has 1 amide bonds. The smallest absolute Gasteiger partial charge is 0.244 e. The second-order valence-electron chi connectivity index (χ2n) is 4.89. The number of carbonyl (C=O) groups is 1. The molecule has 0 saturated carbocycles. The summed E-state index contributed by atoms with van der Waals surface area (Å²) >= 11 is 1.60. The predicted molar refractivity (Wildman–Crippen MR) is 76.1 cm³/mol. The largest absolute Gasteiger partial charge is 0.385 e. The highest BCUT2D eigenvalue weighted by Crippen LogP contribution is 2.24. The lowest BCUT2D eigenvalue weighted by Gasteiger charge is -2.25. The molecule has 1 aromatic rings. The van der Waals surface area contributed by atoms with E-state index in [-0.39, 0.29) is 18.6 Å². The lowest BCUT2D eigenvalue weighted by atomic mass is 9.97. The van der Waals surface area contributed by atoms with Crippen molar-refractivity contribution in [1.29, 1.82) is 0 Å². The molecule has 2 rings (SSSR count). The Morgan fingerprint density at radius 2 is 2.53 bits per heavy atom. The van der Waals surface area contributed by atoms with Gasteiger partial charge in [0.1, 0.15) is 5.60 Å². The fourth-order valence-corrected chi connectivity index (χ4v) is 2.83. The van der Waals surface area contributed by atoms with Crippen molar-refractivity contribution in [3.63, 3.8) is 0 Å². The minimum atomic E-state index is -0.942. The second-order valence-corrected chi connectivity index (χ2v) is 5.83. The topological polar surface area (TPSA) is 58.6 Å². The predicted octanol–water partition coefficient (Wildman–Crippen LogP) is 1.73. The molecule has 2 N–H and O–H groups in total. The summed E-state index contributed by atoms with van der Waals surface area (Å²) in [6.45, 7) is 4.59. The van der Waals surface area contributed by atoms with Crippen molar-refractivity contribution in [2.24, 2.45) is 0 Å². The molecule has 2 atom stereocenters. The highest BCUT2D eigenvalue weighted by atomic mass is 32.1. The molecule has 0 aromatic carbocycles. The van der Waals surface area contributed by atoms with Gasteiger partial charge >= 0.3 is 0 Å². The Kier molecular flexibility index (Phi) is 4.39. The van der Waals surface area contributed by atoms with Crippen LogP contribution < -0.4 is 5.32 Å². The van der Waals surface area contributed by atoms with Crippen LogP contribution in [0.4, 0.5) is 0 Å². The van der Waals surface area contributed by atoms with Gasteiger partial charge in [0.05, 0.1) is 6.10 Å². The zero-order chi connectivity index (χ0) is 13.9. The zero-order valence-corrected chi connectivity index (χ0v) is 12.0. The summed E-state index contributed by atoms with van der Waals surface area (Å²) in [7, 11) is 0. The van der Waals surface area contributed by atoms with Gasteiger partial charge in [-0.1, -0.05) is 0 Å². The molecule has 1 aliphatic rings. The summed E-state index contributed by atoms with van der Waals surface area (Å²) < 4.78 is 5.32. The number of nitrogens with one attached hydrogen (secondary N) is 1. The fraction of sp³-hybridized carbons (Fsp3) is 0.500. The summed E-state index contributed by atoms with van der Waals surface area (Å²) in [6, 6.07) is 2.02. The number of aryl methyl sites for hydroxylation is 1. The van der Waals surface area contributed by atoms with E-state index in [1.807, 2.05) is 25.3 Å². The van der Waals surface area contributed by atoms with Crippen LogP contribution in [0.2, 0.25) is 0 Å². The second kappa shape index (κ2) is 5.86. The third-order valence-corrected chi connectivity index (χ3v) is 4.50. The summed E-state index contributed by atoms with van der Waals surface area (Å²) in [6.07, 6.45) is 3.62. The molecule has 1 aromatic heterocycles. The number of aliphatic hydroxyl groups is 1. The zero-order valence-electron chi connectivity index (χ0n) is 11.2. The molecule has 2 heterocycles. The van der Waals surface area contributed by atoms with Crippen molar-refractivity contribution in [2.75, 3.05) is 13.2 Å². The Labute approximate surface area is 117 Å². The normalized spacial score (nSPS) is 27.0. The van der Waals surface area contributed by atoms with Crippen LogP contribution in [0.5, 0.6) is 0 Å². The van der Waals surface area contributed by atoms with E-state index in [1.54, 1.807) is 17.4 Å². The van der Waals surface area contributed by atoms with Crippen LogP contribution in [0.3, 0.4) is 0 Å². The number of hydrogen-bond acceptors (Lipinski definition) is 4. The summed E-state index contributed by atoms with van der Waals surface area (Å²) in [5.74, 6) is -0.194. The van der Waals surface area contributed by atoms with Gasteiger partial charge in [0, 0.05) is 30.5 Å². The van der Waals surface area contributed by atoms with Crippen molar-refractivity contribution in [1.82, 2.24) is 5.32 Å². The first-order valence-electron chi connectivity index (χ1n) is 6.35. The molecular formula is C14H19NO3S. The van der Waals surface area contributed by atoms with E-state index in [0.29, 0.717) is 13.0 Å². The monoisotopic (exact) mass is 281 g/mol. The maximum atomic E-state index is 11.7. The van der Waals surface area contributed by atoms with Crippen LogP contribution in [0.15, 0.2) is 17.5 Å². The molecule has 4 nitrogen and oxygen atoms in total. The molecule has 0 spiro atoms. The van der Waals surface area contributed by atoms with Crippen LogP contribution >= 0.6 is 11.3 Å². The average molecular weight is 281 g/mol. The van der Waals surface area contributed by atoms with Crippen molar-refractivity contribution < 1.29 is 14.6 Å². The van der Waals surface area contributed by atoms with Gasteiger partial charge in [-0.2, -0.15) is 0 Å². The van der Waals surface area contributed by atoms with Gasteiger partial charge in [0.2, 0.25) is 5.91 Å². The van der Waals surface area contributed by atoms with E-state index in [4.69, 9.17) is 4.74 Å². The van der Waals surface area contributed by atoms with Gasteiger partial charge in [-0.25, -0.2) is 0 Å². The number of rotatable bonds is 4. The third kappa shape index (κ3) is 3.43. The van der Waals surface area contributed by atoms with Crippen molar-refractivity contribution in [3.05, 3.63) is 28.0 Å². The quantitative estimate of drug-likeness (QED) is 0.826. The lowest BCUT2D eigenvalue weighted by Crippen LogP contribution is -2.47. The molecule has 2 unspecified atom stereocenters. The van der Waals surface area contributed by atoms with Gasteiger partial charge in [0.15, 0.2) is 0 Å². The molecular weight excluding hydrogens is 262 g/mol. The van der Waals surface area contributed by atoms with Crippen LogP contribution in [0.25, 0.3) is 6.08 Å². The first-order chi connectivity index (χ1) is 9.01. The Morgan fingerprint density at radius 3 is 3.11 bits per heavy atom. The highest BCUT2D eigenvalue weighted by molar-refractivity contribution is 7.11. The van der Waals surface area contributed by atoms with Crippen LogP contribution in [0, 0.1) is 6.92 Å². The molecule has 5 heteroatoms. The molecule has 1 fully saturated rings. The van der Waals surface area contributed by atoms with Gasteiger partial charge < -0.3 is 15.2 Å². The standard InChI is InChI=1S/C14H19NO3S/c1-10-5-8-19-12(10)3-4-13(16)15-9-14(17)6-7-18-11(14)2/h3-5,8,11,17H,6-7,9H2,1-2H3,(H,15,16)/b4-3+. The minimum Gasteiger partial charge on any atom is -0.385 e. The molecule has 104 valence electrons. The van der Waals surface area contributed by atoms with E-state index in [1.165, 1.54) is 6.08 Å². The van der Waals surface area contributed by atoms with Crippen LogP contribution in [-0.2, 0) is 9.53 Å². The van der Waals surface area contributed by atoms with E-state index in [9.17, 15) is 9.90 Å². The van der Waals surface area contributed by atoms with E-state index in [2.05, 4.69) is 5.32 Å². The lowest BCUT2D eigenvalue weighted by molar-refractivity contribution is -0.118. The van der Waals surface area contributed by atoms with Crippen molar-refractivity contribution in [3.8, 4) is 0 Å². The van der Waals surface area contributed by atoms with Gasteiger partial charge in [-0.3, -0.25) is 4.79 Å². The Hall–Kier alpha value is -1.17. The van der Waals surface area contributed by atoms with Crippen LogP contribution in [-0.4, -0.2) is 35.9 Å². The third-order valence-electron chi connectivity index (χ3n) is 3.52. The first-order valence-corrected chi connectivity index (χ1v) is 7.23. The average Bonchev–Trinajstić information content (AvgIpc) is 2.92. The maximum absolute atomic E-state index is 11.7. The van der Waals surface area contributed by atoms with Crippen molar-refractivity contribution >= 4 is 23.3 Å². The Morgan fingerprint density at radius 1 is 1.74 bits per heavy atom. The SMILES string of the molecule is Cc1ccsc1/C=C/C(=O)NCC1(O)CCOC1C. The van der Waals surface area contributed by atoms with Crippen LogP contribution in [0.1, 0.15) is 23.8 Å². The maximum Gasteiger partial charge on any atom is 0.244 e. The molecule has 1 saturated heterocycles. The van der Waals surface area contributed by atoms with E-state index in [0.717, 1.165) is 10.4 Å². The number of ether oxygens (including phenoxy) is 1. The number of carbonyl (C=O) groups excluding carboxylic acids is 1. The highest BCUT2D eigenvalue weighted by Gasteiger charge is 2.39. The fourth-order valence-electron chi connectivity index (χ4n) is 2.01. The molecule has 0 bridgehead atoms. The number of hydrogen-bond donors (Lipinski definition) is 2. The Balaban J connectivity index is 1.85. The summed E-state index contributed by atoms with van der Waals surface area (Å²) in [4.78, 5) is 12.8. The number of amides is 1.